The monoisotopic (exact) mass is 433 g/mol. The Hall–Kier alpha value is -2.97. The molecular weight excluding hydrogens is 414 g/mol. The number of hydrogen-bond donors (Lipinski definition) is 0. The highest BCUT2D eigenvalue weighted by atomic mass is 32.2. The Labute approximate surface area is 183 Å². The lowest BCUT2D eigenvalue weighted by molar-refractivity contribution is -0.121. The zero-order valence-electron chi connectivity index (χ0n) is 16.6. The van der Waals surface area contributed by atoms with E-state index in [1.807, 2.05) is 49.0 Å². The predicted octanol–water partition coefficient (Wildman–Crippen LogP) is 4.73. The maximum Gasteiger partial charge on any atom is 0.269 e. The van der Waals surface area contributed by atoms with Crippen molar-refractivity contribution in [1.82, 2.24) is 14.5 Å². The van der Waals surface area contributed by atoms with Gasteiger partial charge in [-0.25, -0.2) is 9.98 Å². The molecule has 1 fully saturated rings. The fourth-order valence-electron chi connectivity index (χ4n) is 3.51. The van der Waals surface area contributed by atoms with Gasteiger partial charge in [-0.1, -0.05) is 30.0 Å². The number of aryl methyl sites for hydroxylation is 1. The zero-order valence-corrected chi connectivity index (χ0v) is 18.2. The Morgan fingerprint density at radius 2 is 2.00 bits per heavy atom. The summed E-state index contributed by atoms with van der Waals surface area (Å²) >= 11 is 3.04. The molecule has 3 aromatic rings. The number of nitrogens with zero attached hydrogens (tertiary/aromatic N) is 5. The van der Waals surface area contributed by atoms with Crippen LogP contribution in [0.3, 0.4) is 0 Å². The Kier molecular flexibility index (Phi) is 4.67. The molecule has 150 valence electrons. The van der Waals surface area contributed by atoms with Gasteiger partial charge in [0.05, 0.1) is 33.8 Å². The van der Waals surface area contributed by atoms with Gasteiger partial charge < -0.3 is 9.47 Å². The molecule has 2 aromatic carbocycles. The first-order chi connectivity index (χ1) is 14.6. The first-order valence-electron chi connectivity index (χ1n) is 9.42. The SMILES string of the molecule is C=CCN1C(=O)C(=C2Sc3ccccc3N2C)SC1=Nc1ccc2c(c1)ncn2C. The zero-order chi connectivity index (χ0) is 20.8. The molecule has 0 N–H and O–H groups in total. The Morgan fingerprint density at radius 1 is 1.17 bits per heavy atom. The molecule has 0 spiro atoms. The minimum atomic E-state index is -0.0419. The minimum absolute atomic E-state index is 0.0419. The van der Waals surface area contributed by atoms with E-state index in [1.165, 1.54) is 11.8 Å². The lowest BCUT2D eigenvalue weighted by Gasteiger charge is -2.15. The molecule has 0 radical (unpaired) electrons. The summed E-state index contributed by atoms with van der Waals surface area (Å²) in [6, 6.07) is 14.1. The van der Waals surface area contributed by atoms with Gasteiger partial charge in [0.2, 0.25) is 0 Å². The van der Waals surface area contributed by atoms with Gasteiger partial charge in [-0.15, -0.1) is 6.58 Å². The fraction of sp³-hybridized carbons (Fsp3) is 0.136. The van der Waals surface area contributed by atoms with Gasteiger partial charge in [0.15, 0.2) is 5.17 Å². The van der Waals surface area contributed by atoms with Crippen molar-refractivity contribution in [2.24, 2.45) is 12.0 Å². The van der Waals surface area contributed by atoms with Crippen LogP contribution in [0.4, 0.5) is 11.4 Å². The third-order valence-electron chi connectivity index (χ3n) is 5.04. The van der Waals surface area contributed by atoms with Gasteiger partial charge in [-0.2, -0.15) is 0 Å². The van der Waals surface area contributed by atoms with Gasteiger partial charge in [0.1, 0.15) is 4.91 Å². The van der Waals surface area contributed by atoms with E-state index in [4.69, 9.17) is 4.99 Å². The number of carbonyl (C=O) groups excluding carboxylic acids is 1. The first kappa shape index (κ1) is 19.0. The van der Waals surface area contributed by atoms with E-state index in [0.29, 0.717) is 16.6 Å². The van der Waals surface area contributed by atoms with Crippen molar-refractivity contribution in [2.75, 3.05) is 18.5 Å². The largest absolute Gasteiger partial charge is 0.337 e. The summed E-state index contributed by atoms with van der Waals surface area (Å²) in [6.45, 7) is 4.22. The number of aromatic nitrogens is 2. The van der Waals surface area contributed by atoms with Crippen LogP contribution in [0.15, 0.2) is 81.3 Å². The summed E-state index contributed by atoms with van der Waals surface area (Å²) < 4.78 is 1.97. The number of aliphatic imine (C=N–C) groups is 1. The van der Waals surface area contributed by atoms with E-state index in [9.17, 15) is 4.79 Å². The molecule has 6 nitrogen and oxygen atoms in total. The van der Waals surface area contributed by atoms with Crippen LogP contribution in [0.25, 0.3) is 11.0 Å². The van der Waals surface area contributed by atoms with Crippen LogP contribution >= 0.6 is 23.5 Å². The molecule has 0 unspecified atom stereocenters. The highest BCUT2D eigenvalue weighted by molar-refractivity contribution is 8.19. The molecule has 1 aromatic heterocycles. The van der Waals surface area contributed by atoms with Gasteiger partial charge in [-0.05, 0) is 42.1 Å². The number of anilines is 1. The van der Waals surface area contributed by atoms with Crippen molar-refractivity contribution < 1.29 is 4.79 Å². The Balaban J connectivity index is 1.55. The van der Waals surface area contributed by atoms with Crippen LogP contribution < -0.4 is 4.90 Å². The van der Waals surface area contributed by atoms with E-state index >= 15 is 0 Å². The number of carbonyl (C=O) groups is 1. The van der Waals surface area contributed by atoms with Crippen molar-refractivity contribution in [2.45, 2.75) is 4.90 Å². The molecule has 0 saturated carbocycles. The molecule has 1 amide bonds. The number of imidazole rings is 1. The molecule has 1 saturated heterocycles. The number of rotatable bonds is 3. The number of fused-ring (bicyclic) bond motifs is 2. The van der Waals surface area contributed by atoms with Crippen molar-refractivity contribution in [3.8, 4) is 0 Å². The van der Waals surface area contributed by atoms with Crippen LogP contribution in [0.2, 0.25) is 0 Å². The van der Waals surface area contributed by atoms with Gasteiger partial charge >= 0.3 is 0 Å². The summed E-state index contributed by atoms with van der Waals surface area (Å²) in [5.74, 6) is -0.0419. The molecule has 5 rings (SSSR count). The number of para-hydroxylation sites is 1. The van der Waals surface area contributed by atoms with E-state index in [-0.39, 0.29) is 5.91 Å². The molecule has 0 atom stereocenters. The number of amides is 1. The number of hydrogen-bond acceptors (Lipinski definition) is 6. The summed E-state index contributed by atoms with van der Waals surface area (Å²) in [4.78, 5) is 28.1. The highest BCUT2D eigenvalue weighted by Crippen LogP contribution is 2.49. The lowest BCUT2D eigenvalue weighted by Crippen LogP contribution is -2.29. The van der Waals surface area contributed by atoms with E-state index < -0.39 is 0 Å². The van der Waals surface area contributed by atoms with Gasteiger partial charge in [0.25, 0.3) is 5.91 Å². The van der Waals surface area contributed by atoms with Crippen LogP contribution in [-0.4, -0.2) is 39.1 Å². The third-order valence-corrected chi connectivity index (χ3v) is 7.47. The van der Waals surface area contributed by atoms with Crippen LogP contribution in [0.5, 0.6) is 0 Å². The second kappa shape index (κ2) is 7.37. The molecular formula is C22H19N5OS2. The first-order valence-corrected chi connectivity index (χ1v) is 11.1. The topological polar surface area (TPSA) is 53.7 Å². The maximum absolute atomic E-state index is 13.3. The average molecular weight is 434 g/mol. The van der Waals surface area contributed by atoms with Crippen LogP contribution in [0.1, 0.15) is 0 Å². The Morgan fingerprint density at radius 3 is 2.80 bits per heavy atom. The Bertz CT molecular complexity index is 1260. The normalized spacial score (nSPS) is 19.9. The van der Waals surface area contributed by atoms with Crippen LogP contribution in [-0.2, 0) is 11.8 Å². The van der Waals surface area contributed by atoms with Crippen molar-refractivity contribution in [1.29, 1.82) is 0 Å². The average Bonchev–Trinajstić information content (AvgIpc) is 3.38. The standard InChI is InChI=1S/C22H19N5OS2/c1-4-11-27-20(28)19(21-26(3)17-7-5-6-8-18(17)29-21)30-22(27)24-14-9-10-16-15(12-14)23-13-25(16)2/h4-10,12-13H,1,11H2,2-3H3. The second-order valence-electron chi connectivity index (χ2n) is 6.99. The second-order valence-corrected chi connectivity index (χ2v) is 9.00. The van der Waals surface area contributed by atoms with Crippen molar-refractivity contribution in [3.05, 3.63) is 71.4 Å². The van der Waals surface area contributed by atoms with E-state index in [0.717, 1.165) is 32.3 Å². The third kappa shape index (κ3) is 3.03. The number of amidine groups is 1. The summed E-state index contributed by atoms with van der Waals surface area (Å²) in [6.07, 6.45) is 3.51. The fourth-order valence-corrected chi connectivity index (χ4v) is 5.87. The van der Waals surface area contributed by atoms with Gasteiger partial charge in [0, 0.05) is 25.5 Å². The quantitative estimate of drug-likeness (QED) is 0.441. The summed E-state index contributed by atoms with van der Waals surface area (Å²) in [7, 11) is 3.96. The molecule has 2 aliphatic heterocycles. The molecule has 0 aliphatic carbocycles. The van der Waals surface area contributed by atoms with Crippen molar-refractivity contribution in [3.63, 3.8) is 0 Å². The predicted molar refractivity (Wildman–Crippen MR) is 125 cm³/mol. The summed E-state index contributed by atoms with van der Waals surface area (Å²) in [5.41, 5.74) is 3.80. The van der Waals surface area contributed by atoms with Crippen LogP contribution in [0, 0.1) is 0 Å². The minimum Gasteiger partial charge on any atom is -0.337 e. The molecule has 2 aliphatic rings. The molecule has 8 heteroatoms. The smallest absolute Gasteiger partial charge is 0.269 e. The number of benzene rings is 2. The summed E-state index contributed by atoms with van der Waals surface area (Å²) in [5, 5.41) is 1.59. The van der Waals surface area contributed by atoms with E-state index in [1.54, 1.807) is 29.1 Å². The van der Waals surface area contributed by atoms with Gasteiger partial charge in [-0.3, -0.25) is 9.69 Å². The lowest BCUT2D eigenvalue weighted by atomic mass is 10.3. The van der Waals surface area contributed by atoms with Crippen molar-refractivity contribution >= 4 is 57.0 Å². The molecule has 30 heavy (non-hydrogen) atoms. The highest BCUT2D eigenvalue weighted by Gasteiger charge is 2.38. The van der Waals surface area contributed by atoms with E-state index in [2.05, 4.69) is 28.6 Å². The molecule has 3 heterocycles. The molecule has 0 bridgehead atoms. The number of thioether (sulfide) groups is 2. The maximum atomic E-state index is 13.3.